The standard InChI is InChI=1S/C9H11N3O3S/c1-5-11-7-3-6(10)4-8(16(13,14)15)9(7)12(5)2/h3-4H,10H2,1-2H3,(H,13,14,15). The van der Waals surface area contributed by atoms with Crippen molar-refractivity contribution < 1.29 is 13.0 Å². The fourth-order valence-electron chi connectivity index (χ4n) is 1.64. The van der Waals surface area contributed by atoms with Gasteiger partial charge in [0.1, 0.15) is 10.7 Å². The molecule has 1 aromatic heterocycles. The summed E-state index contributed by atoms with van der Waals surface area (Å²) in [7, 11) is -2.63. The largest absolute Gasteiger partial charge is 0.399 e. The number of benzene rings is 1. The Morgan fingerprint density at radius 1 is 1.44 bits per heavy atom. The minimum absolute atomic E-state index is 0.217. The molecule has 0 aliphatic carbocycles. The van der Waals surface area contributed by atoms with Gasteiger partial charge in [0.05, 0.1) is 11.0 Å². The van der Waals surface area contributed by atoms with Crippen LogP contribution in [0.25, 0.3) is 11.0 Å². The van der Waals surface area contributed by atoms with Crippen LogP contribution in [-0.2, 0) is 17.2 Å². The van der Waals surface area contributed by atoms with Crippen molar-refractivity contribution in [2.45, 2.75) is 11.8 Å². The maximum atomic E-state index is 11.2. The molecule has 6 nitrogen and oxygen atoms in total. The molecule has 3 N–H and O–H groups in total. The number of imidazole rings is 1. The highest BCUT2D eigenvalue weighted by Gasteiger charge is 2.19. The third-order valence-electron chi connectivity index (χ3n) is 2.46. The summed E-state index contributed by atoms with van der Waals surface area (Å²) in [5, 5.41) is 0. The number of nitrogen functional groups attached to an aromatic ring is 1. The van der Waals surface area contributed by atoms with Crippen LogP contribution >= 0.6 is 0 Å². The molecule has 0 saturated carbocycles. The van der Waals surface area contributed by atoms with E-state index in [0.717, 1.165) is 0 Å². The maximum Gasteiger partial charge on any atom is 0.296 e. The van der Waals surface area contributed by atoms with Gasteiger partial charge in [-0.25, -0.2) is 4.98 Å². The number of anilines is 1. The average molecular weight is 241 g/mol. The number of fused-ring (bicyclic) bond motifs is 1. The first kappa shape index (κ1) is 10.9. The summed E-state index contributed by atoms with van der Waals surface area (Å²) in [5.41, 5.74) is 6.61. The van der Waals surface area contributed by atoms with E-state index < -0.39 is 10.1 Å². The number of hydrogen-bond donors (Lipinski definition) is 2. The smallest absolute Gasteiger partial charge is 0.296 e. The number of nitrogens with zero attached hydrogens (tertiary/aromatic N) is 2. The summed E-state index contributed by atoms with van der Waals surface area (Å²) in [6, 6.07) is 2.79. The second-order valence-electron chi connectivity index (χ2n) is 3.58. The summed E-state index contributed by atoms with van der Waals surface area (Å²) in [4.78, 5) is 3.94. The van der Waals surface area contributed by atoms with Gasteiger partial charge in [0.15, 0.2) is 0 Å². The lowest BCUT2D eigenvalue weighted by Gasteiger charge is -2.04. The van der Waals surface area contributed by atoms with Gasteiger partial charge in [0, 0.05) is 12.7 Å². The Bertz CT molecular complexity index is 673. The van der Waals surface area contributed by atoms with Crippen LogP contribution in [0.3, 0.4) is 0 Å². The van der Waals surface area contributed by atoms with E-state index in [9.17, 15) is 8.42 Å². The second kappa shape index (κ2) is 3.19. The fraction of sp³-hybridized carbons (Fsp3) is 0.222. The highest BCUT2D eigenvalue weighted by Crippen LogP contribution is 2.26. The molecule has 2 aromatic rings. The summed E-state index contributed by atoms with van der Waals surface area (Å²) in [6.45, 7) is 1.74. The lowest BCUT2D eigenvalue weighted by molar-refractivity contribution is 0.484. The van der Waals surface area contributed by atoms with Crippen molar-refractivity contribution in [1.29, 1.82) is 0 Å². The molecular weight excluding hydrogens is 230 g/mol. The summed E-state index contributed by atoms with van der Waals surface area (Å²) in [5.74, 6) is 0.644. The zero-order valence-electron chi connectivity index (χ0n) is 8.80. The highest BCUT2D eigenvalue weighted by atomic mass is 32.2. The van der Waals surface area contributed by atoms with E-state index in [0.29, 0.717) is 16.9 Å². The molecule has 2 rings (SSSR count). The van der Waals surface area contributed by atoms with Crippen molar-refractivity contribution in [3.8, 4) is 0 Å². The summed E-state index contributed by atoms with van der Waals surface area (Å²) in [6.07, 6.45) is 0. The van der Waals surface area contributed by atoms with Crippen LogP contribution in [0.2, 0.25) is 0 Å². The lowest BCUT2D eigenvalue weighted by atomic mass is 10.3. The maximum absolute atomic E-state index is 11.2. The Hall–Kier alpha value is -1.60. The second-order valence-corrected chi connectivity index (χ2v) is 4.97. The van der Waals surface area contributed by atoms with Crippen LogP contribution < -0.4 is 5.73 Å². The van der Waals surface area contributed by atoms with Gasteiger partial charge >= 0.3 is 0 Å². The predicted octanol–water partition coefficient (Wildman–Crippen LogP) is 0.711. The topological polar surface area (TPSA) is 98.2 Å². The number of aromatic nitrogens is 2. The molecule has 0 aliphatic rings. The molecule has 0 amide bonds. The van der Waals surface area contributed by atoms with Crippen molar-refractivity contribution >= 4 is 26.8 Å². The van der Waals surface area contributed by atoms with Crippen LogP contribution in [-0.4, -0.2) is 22.5 Å². The van der Waals surface area contributed by atoms with Crippen LogP contribution in [0.1, 0.15) is 5.82 Å². The molecule has 86 valence electrons. The quantitative estimate of drug-likeness (QED) is 0.566. The normalized spacial score (nSPS) is 12.2. The Morgan fingerprint density at radius 2 is 2.06 bits per heavy atom. The van der Waals surface area contributed by atoms with Crippen LogP contribution in [0.5, 0.6) is 0 Å². The molecular formula is C9H11N3O3S. The van der Waals surface area contributed by atoms with Gasteiger partial charge in [0.2, 0.25) is 0 Å². The molecule has 0 fully saturated rings. The van der Waals surface area contributed by atoms with E-state index in [1.54, 1.807) is 24.6 Å². The van der Waals surface area contributed by atoms with Gasteiger partial charge in [-0.1, -0.05) is 0 Å². The monoisotopic (exact) mass is 241 g/mol. The Kier molecular flexibility index (Phi) is 2.18. The van der Waals surface area contributed by atoms with E-state index in [1.165, 1.54) is 6.07 Å². The number of aryl methyl sites for hydroxylation is 2. The fourth-order valence-corrected chi connectivity index (χ4v) is 2.41. The van der Waals surface area contributed by atoms with Gasteiger partial charge in [-0.05, 0) is 19.1 Å². The summed E-state index contributed by atoms with van der Waals surface area (Å²) < 4.78 is 33.2. The first-order valence-electron chi connectivity index (χ1n) is 4.51. The van der Waals surface area contributed by atoms with E-state index >= 15 is 0 Å². The molecule has 0 unspecified atom stereocenters. The van der Waals surface area contributed by atoms with Gasteiger partial charge in [-0.15, -0.1) is 0 Å². The highest BCUT2D eigenvalue weighted by molar-refractivity contribution is 7.86. The van der Waals surface area contributed by atoms with E-state index in [2.05, 4.69) is 4.98 Å². The SMILES string of the molecule is Cc1nc2cc(N)cc(S(=O)(=O)O)c2n1C. The zero-order valence-corrected chi connectivity index (χ0v) is 9.61. The molecule has 0 aliphatic heterocycles. The van der Waals surface area contributed by atoms with Crippen molar-refractivity contribution in [1.82, 2.24) is 9.55 Å². The van der Waals surface area contributed by atoms with Crippen molar-refractivity contribution in [2.24, 2.45) is 7.05 Å². The van der Waals surface area contributed by atoms with E-state index in [-0.39, 0.29) is 10.6 Å². The number of hydrogen-bond acceptors (Lipinski definition) is 4. The molecule has 0 atom stereocenters. The molecule has 0 radical (unpaired) electrons. The molecule has 7 heteroatoms. The van der Waals surface area contributed by atoms with Crippen molar-refractivity contribution in [3.05, 3.63) is 18.0 Å². The van der Waals surface area contributed by atoms with Gasteiger partial charge in [0.25, 0.3) is 10.1 Å². The van der Waals surface area contributed by atoms with Crippen LogP contribution in [0.4, 0.5) is 5.69 Å². The minimum Gasteiger partial charge on any atom is -0.399 e. The number of nitrogens with two attached hydrogens (primary N) is 1. The van der Waals surface area contributed by atoms with Crippen molar-refractivity contribution in [2.75, 3.05) is 5.73 Å². The minimum atomic E-state index is -4.30. The zero-order chi connectivity index (χ0) is 12.1. The van der Waals surface area contributed by atoms with Crippen molar-refractivity contribution in [3.63, 3.8) is 0 Å². The Labute approximate surface area is 92.5 Å². The van der Waals surface area contributed by atoms with Gasteiger partial charge < -0.3 is 10.3 Å². The van der Waals surface area contributed by atoms with Gasteiger partial charge in [-0.3, -0.25) is 4.55 Å². The van der Waals surface area contributed by atoms with Gasteiger partial charge in [-0.2, -0.15) is 8.42 Å². The average Bonchev–Trinajstić information content (AvgIpc) is 2.39. The first-order valence-corrected chi connectivity index (χ1v) is 5.95. The van der Waals surface area contributed by atoms with E-state index in [4.69, 9.17) is 10.3 Å². The molecule has 0 saturated heterocycles. The predicted molar refractivity (Wildman–Crippen MR) is 59.7 cm³/mol. The third-order valence-corrected chi connectivity index (χ3v) is 3.33. The first-order chi connectivity index (χ1) is 7.30. The molecule has 1 heterocycles. The van der Waals surface area contributed by atoms with E-state index in [1.807, 2.05) is 0 Å². The third kappa shape index (κ3) is 1.54. The molecule has 1 aromatic carbocycles. The Morgan fingerprint density at radius 3 is 2.62 bits per heavy atom. The molecule has 0 spiro atoms. The Balaban J connectivity index is 3.03. The summed E-state index contributed by atoms with van der Waals surface area (Å²) >= 11 is 0. The molecule has 0 bridgehead atoms. The van der Waals surface area contributed by atoms with Crippen LogP contribution in [0, 0.1) is 6.92 Å². The molecule has 16 heavy (non-hydrogen) atoms. The number of rotatable bonds is 1. The van der Waals surface area contributed by atoms with Crippen LogP contribution in [0.15, 0.2) is 17.0 Å². The lowest BCUT2D eigenvalue weighted by Crippen LogP contribution is -2.03.